The molecule has 0 aliphatic carbocycles. The Kier molecular flexibility index (Phi) is 3.18. The Balaban J connectivity index is 1.59. The Labute approximate surface area is 149 Å². The number of para-hydroxylation sites is 1. The molecular formula is C20H17N3OS. The number of rotatable bonds is 2. The van der Waals surface area contributed by atoms with Crippen LogP contribution in [0.25, 0.3) is 21.8 Å². The molecule has 3 aromatic rings. The maximum absolute atomic E-state index is 12.2. The normalized spacial score (nSPS) is 15.5. The van der Waals surface area contributed by atoms with E-state index in [1.165, 1.54) is 5.56 Å². The van der Waals surface area contributed by atoms with Gasteiger partial charge in [0.1, 0.15) is 5.01 Å². The predicted octanol–water partition coefficient (Wildman–Crippen LogP) is 3.89. The maximum atomic E-state index is 12.2. The Hall–Kier alpha value is -2.66. The van der Waals surface area contributed by atoms with Crippen LogP contribution in [0.5, 0.6) is 0 Å². The Morgan fingerprint density at radius 2 is 2.00 bits per heavy atom. The number of thiazole rings is 1. The lowest BCUT2D eigenvalue weighted by Crippen LogP contribution is -2.31. The molecule has 0 radical (unpaired) electrons. The molecule has 2 aromatic carbocycles. The molecule has 1 amide bonds. The molecule has 2 aliphatic rings. The van der Waals surface area contributed by atoms with E-state index in [1.807, 2.05) is 29.2 Å². The van der Waals surface area contributed by atoms with E-state index in [2.05, 4.69) is 17.5 Å². The second-order valence-electron chi connectivity index (χ2n) is 6.59. The number of amides is 1. The van der Waals surface area contributed by atoms with Crippen molar-refractivity contribution in [2.75, 3.05) is 17.2 Å². The van der Waals surface area contributed by atoms with Gasteiger partial charge in [0.05, 0.1) is 17.8 Å². The quantitative estimate of drug-likeness (QED) is 0.715. The van der Waals surface area contributed by atoms with Crippen LogP contribution in [0.3, 0.4) is 0 Å². The van der Waals surface area contributed by atoms with Crippen molar-refractivity contribution in [2.24, 2.45) is 0 Å². The fourth-order valence-electron chi connectivity index (χ4n) is 3.85. The van der Waals surface area contributed by atoms with Gasteiger partial charge < -0.3 is 10.6 Å². The van der Waals surface area contributed by atoms with E-state index < -0.39 is 0 Å². The van der Waals surface area contributed by atoms with Gasteiger partial charge in [0.2, 0.25) is 5.91 Å². The fourth-order valence-corrected chi connectivity index (χ4v) is 4.72. The van der Waals surface area contributed by atoms with Crippen LogP contribution < -0.4 is 10.6 Å². The topological polar surface area (TPSA) is 59.2 Å². The number of aromatic nitrogens is 1. The molecule has 5 heteroatoms. The Bertz CT molecular complexity index is 1010. The van der Waals surface area contributed by atoms with Gasteiger partial charge in [0, 0.05) is 28.7 Å². The summed E-state index contributed by atoms with van der Waals surface area (Å²) in [6, 6.07) is 12.1. The second-order valence-corrected chi connectivity index (χ2v) is 7.45. The van der Waals surface area contributed by atoms with E-state index in [9.17, 15) is 4.79 Å². The summed E-state index contributed by atoms with van der Waals surface area (Å²) >= 11 is 1.60. The number of anilines is 2. The second kappa shape index (κ2) is 5.43. The number of nitrogens with zero attached hydrogens (tertiary/aromatic N) is 2. The van der Waals surface area contributed by atoms with Crippen LogP contribution in [-0.2, 0) is 17.6 Å². The van der Waals surface area contributed by atoms with E-state index in [1.54, 1.807) is 11.3 Å². The predicted molar refractivity (Wildman–Crippen MR) is 102 cm³/mol. The van der Waals surface area contributed by atoms with Gasteiger partial charge in [-0.1, -0.05) is 12.1 Å². The monoisotopic (exact) mass is 347 g/mol. The number of carbonyl (C=O) groups is 1. The molecular weight excluding hydrogens is 330 g/mol. The van der Waals surface area contributed by atoms with Gasteiger partial charge in [-0.25, -0.2) is 4.98 Å². The van der Waals surface area contributed by atoms with Crippen LogP contribution in [-0.4, -0.2) is 17.4 Å². The zero-order valence-electron chi connectivity index (χ0n) is 13.7. The first-order chi connectivity index (χ1) is 12.2. The van der Waals surface area contributed by atoms with Gasteiger partial charge in [0.25, 0.3) is 0 Å². The summed E-state index contributed by atoms with van der Waals surface area (Å²) in [6.45, 7) is 0.853. The molecule has 0 atom stereocenters. The summed E-state index contributed by atoms with van der Waals surface area (Å²) in [6.07, 6.45) is 2.58. The molecule has 0 bridgehead atoms. The number of nitrogen functional groups attached to an aromatic ring is 1. The number of hydrogen-bond donors (Lipinski definition) is 1. The molecule has 2 aliphatic heterocycles. The molecule has 25 heavy (non-hydrogen) atoms. The van der Waals surface area contributed by atoms with Crippen LogP contribution in [0.4, 0.5) is 11.4 Å². The number of hydrogen-bond acceptors (Lipinski definition) is 4. The van der Waals surface area contributed by atoms with Crippen LogP contribution in [0.15, 0.2) is 41.8 Å². The number of carbonyl (C=O) groups excluding carboxylic acids is 1. The first-order valence-electron chi connectivity index (χ1n) is 8.47. The standard InChI is InChI=1S/C20H17N3OS/c21-16-6-2-1-5-15(16)20-22-17(11-25-20)13-8-12-4-3-7-23-18(24)10-14(9-13)19(12)23/h1-2,5-6,8-9,11H,3-4,7,10,21H2. The SMILES string of the molecule is Nc1ccccc1-c1nc(-c2cc3c4c(c2)CC(=O)N4CCC3)cs1. The smallest absolute Gasteiger partial charge is 0.231 e. The third kappa shape index (κ3) is 2.27. The number of aryl methyl sites for hydroxylation is 1. The van der Waals surface area contributed by atoms with E-state index in [4.69, 9.17) is 10.7 Å². The van der Waals surface area contributed by atoms with Gasteiger partial charge in [0.15, 0.2) is 0 Å². The van der Waals surface area contributed by atoms with Gasteiger partial charge in [-0.3, -0.25) is 4.79 Å². The first kappa shape index (κ1) is 14.7. The van der Waals surface area contributed by atoms with E-state index >= 15 is 0 Å². The van der Waals surface area contributed by atoms with Gasteiger partial charge in [-0.05, 0) is 48.2 Å². The van der Waals surface area contributed by atoms with Crippen molar-refractivity contribution in [3.8, 4) is 21.8 Å². The van der Waals surface area contributed by atoms with Crippen molar-refractivity contribution in [1.82, 2.24) is 4.98 Å². The highest BCUT2D eigenvalue weighted by Crippen LogP contribution is 2.40. The van der Waals surface area contributed by atoms with Gasteiger partial charge >= 0.3 is 0 Å². The lowest BCUT2D eigenvalue weighted by Gasteiger charge is -2.25. The van der Waals surface area contributed by atoms with E-state index in [0.717, 1.165) is 58.2 Å². The van der Waals surface area contributed by atoms with Crippen molar-refractivity contribution < 1.29 is 4.79 Å². The Morgan fingerprint density at radius 1 is 1.16 bits per heavy atom. The molecule has 1 aromatic heterocycles. The van der Waals surface area contributed by atoms with E-state index in [-0.39, 0.29) is 5.91 Å². The minimum Gasteiger partial charge on any atom is -0.398 e. The first-order valence-corrected chi connectivity index (χ1v) is 9.35. The fraction of sp³-hybridized carbons (Fsp3) is 0.200. The van der Waals surface area contributed by atoms with Crippen LogP contribution in [0.1, 0.15) is 17.5 Å². The largest absolute Gasteiger partial charge is 0.398 e. The molecule has 5 rings (SSSR count). The number of benzene rings is 2. The van der Waals surface area contributed by atoms with Crippen molar-refractivity contribution in [1.29, 1.82) is 0 Å². The minimum atomic E-state index is 0.226. The number of nitrogens with two attached hydrogens (primary N) is 1. The van der Waals surface area contributed by atoms with Crippen molar-refractivity contribution >= 4 is 28.6 Å². The average Bonchev–Trinajstić information content (AvgIpc) is 3.22. The summed E-state index contributed by atoms with van der Waals surface area (Å²) in [5.74, 6) is 0.226. The zero-order chi connectivity index (χ0) is 17.0. The summed E-state index contributed by atoms with van der Waals surface area (Å²) in [5, 5.41) is 3.01. The van der Waals surface area contributed by atoms with E-state index in [0.29, 0.717) is 6.42 Å². The van der Waals surface area contributed by atoms with Crippen LogP contribution in [0.2, 0.25) is 0 Å². The molecule has 0 saturated heterocycles. The minimum absolute atomic E-state index is 0.226. The third-order valence-corrected chi connectivity index (χ3v) is 5.87. The summed E-state index contributed by atoms with van der Waals surface area (Å²) in [4.78, 5) is 19.0. The Morgan fingerprint density at radius 3 is 2.88 bits per heavy atom. The molecule has 2 N–H and O–H groups in total. The highest BCUT2D eigenvalue weighted by molar-refractivity contribution is 7.13. The zero-order valence-corrected chi connectivity index (χ0v) is 14.5. The molecule has 3 heterocycles. The van der Waals surface area contributed by atoms with Gasteiger partial charge in [-0.2, -0.15) is 0 Å². The maximum Gasteiger partial charge on any atom is 0.231 e. The highest BCUT2D eigenvalue weighted by Gasteiger charge is 2.32. The summed E-state index contributed by atoms with van der Waals surface area (Å²) < 4.78 is 0. The molecule has 124 valence electrons. The van der Waals surface area contributed by atoms with Crippen LogP contribution in [0, 0.1) is 0 Å². The van der Waals surface area contributed by atoms with Crippen molar-refractivity contribution in [3.63, 3.8) is 0 Å². The van der Waals surface area contributed by atoms with Gasteiger partial charge in [-0.15, -0.1) is 11.3 Å². The molecule has 0 fully saturated rings. The highest BCUT2D eigenvalue weighted by atomic mass is 32.1. The average molecular weight is 347 g/mol. The summed E-state index contributed by atoms with van der Waals surface area (Å²) in [7, 11) is 0. The van der Waals surface area contributed by atoms with Crippen LogP contribution >= 0.6 is 11.3 Å². The molecule has 0 spiro atoms. The van der Waals surface area contributed by atoms with Crippen molar-refractivity contribution in [2.45, 2.75) is 19.3 Å². The molecule has 0 saturated carbocycles. The lowest BCUT2D eigenvalue weighted by atomic mass is 9.96. The summed E-state index contributed by atoms with van der Waals surface area (Å²) in [5.41, 5.74) is 13.4. The third-order valence-electron chi connectivity index (χ3n) is 5.00. The molecule has 4 nitrogen and oxygen atoms in total. The molecule has 0 unspecified atom stereocenters. The van der Waals surface area contributed by atoms with Crippen molar-refractivity contribution in [3.05, 3.63) is 52.9 Å². The lowest BCUT2D eigenvalue weighted by molar-refractivity contribution is -0.117.